The molecule has 0 saturated carbocycles. The fraction of sp³-hybridized carbons (Fsp3) is 0.423. The van der Waals surface area contributed by atoms with Gasteiger partial charge in [0.15, 0.2) is 11.3 Å². The van der Waals surface area contributed by atoms with Crippen LogP contribution in [0.3, 0.4) is 0 Å². The van der Waals surface area contributed by atoms with Gasteiger partial charge in [-0.25, -0.2) is 9.97 Å². The number of anilines is 1. The summed E-state index contributed by atoms with van der Waals surface area (Å²) in [5, 5.41) is 12.6. The van der Waals surface area contributed by atoms with Crippen LogP contribution in [-0.4, -0.2) is 50.6 Å². The molecule has 0 radical (unpaired) electrons. The largest absolute Gasteiger partial charge is 0.433 e. The van der Waals surface area contributed by atoms with E-state index in [1.807, 2.05) is 19.9 Å². The summed E-state index contributed by atoms with van der Waals surface area (Å²) in [4.78, 5) is 35.1. The van der Waals surface area contributed by atoms with Crippen LogP contribution in [0, 0.1) is 18.3 Å². The van der Waals surface area contributed by atoms with Crippen LogP contribution in [0.2, 0.25) is 0 Å². The Hall–Kier alpha value is -3.98. The van der Waals surface area contributed by atoms with E-state index in [2.05, 4.69) is 15.3 Å². The lowest BCUT2D eigenvalue weighted by Crippen LogP contribution is -2.48. The number of nitrogens with one attached hydrogen (secondary N) is 1. The van der Waals surface area contributed by atoms with Gasteiger partial charge in [0.05, 0.1) is 34.9 Å². The Morgan fingerprint density at radius 2 is 1.87 bits per heavy atom. The maximum Gasteiger partial charge on any atom is 0.433 e. The highest BCUT2D eigenvalue weighted by Gasteiger charge is 2.38. The lowest BCUT2D eigenvalue weighted by atomic mass is 10.0. The van der Waals surface area contributed by atoms with Crippen LogP contribution in [0.25, 0.3) is 11.0 Å². The third kappa shape index (κ3) is 5.19. The first kappa shape index (κ1) is 27.1. The average molecular weight is 529 g/mol. The molecule has 3 atom stereocenters. The normalized spacial score (nSPS) is 18.8. The first-order valence-corrected chi connectivity index (χ1v) is 12.0. The topological polar surface area (TPSA) is 113 Å². The number of carbonyl (C=O) groups excluding carboxylic acids is 1. The van der Waals surface area contributed by atoms with Gasteiger partial charge in [-0.05, 0) is 52.0 Å². The van der Waals surface area contributed by atoms with Crippen molar-refractivity contribution in [1.82, 2.24) is 19.4 Å². The Bertz CT molecular complexity index is 1500. The molecule has 1 N–H and O–H groups in total. The molecule has 1 fully saturated rings. The van der Waals surface area contributed by atoms with Crippen molar-refractivity contribution in [3.05, 3.63) is 62.8 Å². The van der Waals surface area contributed by atoms with Gasteiger partial charge in [0.25, 0.3) is 11.5 Å². The van der Waals surface area contributed by atoms with Crippen molar-refractivity contribution in [2.24, 2.45) is 7.05 Å². The van der Waals surface area contributed by atoms with E-state index in [-0.39, 0.29) is 57.4 Å². The van der Waals surface area contributed by atoms with E-state index in [9.17, 15) is 28.0 Å². The number of carbonyl (C=O) groups is 1. The van der Waals surface area contributed by atoms with Gasteiger partial charge < -0.3 is 15.0 Å². The molecule has 1 saturated heterocycles. The van der Waals surface area contributed by atoms with E-state index in [4.69, 9.17) is 4.74 Å². The Balaban J connectivity index is 1.69. The van der Waals surface area contributed by atoms with Crippen LogP contribution in [0.4, 0.5) is 18.9 Å². The molecule has 0 aliphatic carbocycles. The number of amides is 1. The van der Waals surface area contributed by atoms with E-state index in [0.29, 0.717) is 13.1 Å². The van der Waals surface area contributed by atoms with Crippen LogP contribution < -0.4 is 10.9 Å². The number of nitrogens with zero attached hydrogens (tertiary/aromatic N) is 5. The maximum absolute atomic E-state index is 14.0. The fourth-order valence-corrected chi connectivity index (χ4v) is 4.61. The van der Waals surface area contributed by atoms with Crippen molar-refractivity contribution in [2.45, 2.75) is 52.1 Å². The zero-order chi connectivity index (χ0) is 27.9. The second-order valence-electron chi connectivity index (χ2n) is 9.52. The molecule has 1 aliphatic heterocycles. The highest BCUT2D eigenvalue weighted by atomic mass is 19.4. The second-order valence-corrected chi connectivity index (χ2v) is 9.52. The molecular weight excluding hydrogens is 501 g/mol. The van der Waals surface area contributed by atoms with Crippen LogP contribution >= 0.6 is 0 Å². The van der Waals surface area contributed by atoms with Crippen LogP contribution in [0.15, 0.2) is 29.1 Å². The molecule has 0 spiro atoms. The molecule has 3 heterocycles. The van der Waals surface area contributed by atoms with Crippen molar-refractivity contribution in [2.75, 3.05) is 18.4 Å². The molecule has 2 aromatic heterocycles. The minimum atomic E-state index is -4.81. The molecule has 1 amide bonds. The average Bonchev–Trinajstić information content (AvgIpc) is 2.85. The van der Waals surface area contributed by atoms with Crippen LogP contribution in [-0.2, 0) is 18.0 Å². The summed E-state index contributed by atoms with van der Waals surface area (Å²) in [7, 11) is 1.48. The van der Waals surface area contributed by atoms with E-state index in [1.54, 1.807) is 4.90 Å². The molecule has 1 aromatic carbocycles. The van der Waals surface area contributed by atoms with E-state index in [1.165, 1.54) is 43.7 Å². The molecule has 1 aliphatic rings. The summed E-state index contributed by atoms with van der Waals surface area (Å²) in [6.45, 7) is 7.53. The summed E-state index contributed by atoms with van der Waals surface area (Å²) in [5.41, 5.74) is -1.64. The Kier molecular flexibility index (Phi) is 7.16. The third-order valence-corrected chi connectivity index (χ3v) is 6.52. The zero-order valence-electron chi connectivity index (χ0n) is 21.6. The van der Waals surface area contributed by atoms with Gasteiger partial charge in [0.2, 0.25) is 0 Å². The smallest absolute Gasteiger partial charge is 0.377 e. The number of aromatic nitrogens is 3. The lowest BCUT2D eigenvalue weighted by molar-refractivity contribution is -0.141. The number of hydrogen-bond donors (Lipinski definition) is 1. The number of halogens is 3. The number of nitriles is 1. The van der Waals surface area contributed by atoms with Gasteiger partial charge in [-0.15, -0.1) is 0 Å². The Morgan fingerprint density at radius 3 is 2.47 bits per heavy atom. The number of pyridine rings is 1. The molecule has 38 heavy (non-hydrogen) atoms. The van der Waals surface area contributed by atoms with Crippen molar-refractivity contribution in [3.63, 3.8) is 0 Å². The summed E-state index contributed by atoms with van der Waals surface area (Å²) in [6, 6.07) is 6.57. The van der Waals surface area contributed by atoms with Crippen LogP contribution in [0.5, 0.6) is 0 Å². The van der Waals surface area contributed by atoms with E-state index < -0.39 is 23.5 Å². The van der Waals surface area contributed by atoms with Crippen molar-refractivity contribution < 1.29 is 22.7 Å². The van der Waals surface area contributed by atoms with Crippen molar-refractivity contribution in [1.29, 1.82) is 5.26 Å². The first-order chi connectivity index (χ1) is 17.8. The SMILES string of the molecule is Cc1nc2nc(C(F)(F)F)c([C@H](C)Nc3ccc(C(=O)N4C[C@@H](C)O[C@@H](C)C4)cc3C#N)cc2c(=O)n1C. The predicted molar refractivity (Wildman–Crippen MR) is 134 cm³/mol. The summed E-state index contributed by atoms with van der Waals surface area (Å²) >= 11 is 0. The second kappa shape index (κ2) is 10.1. The maximum atomic E-state index is 14.0. The number of ether oxygens (including phenoxy) is 1. The number of hydrogen-bond acceptors (Lipinski definition) is 7. The summed E-state index contributed by atoms with van der Waals surface area (Å²) < 4.78 is 48.8. The number of fused-ring (bicyclic) bond motifs is 1. The molecule has 9 nitrogen and oxygen atoms in total. The number of alkyl halides is 3. The molecule has 0 unspecified atom stereocenters. The molecule has 0 bridgehead atoms. The predicted octanol–water partition coefficient (Wildman–Crippen LogP) is 3.95. The summed E-state index contributed by atoms with van der Waals surface area (Å²) in [5.74, 6) is -0.0313. The Morgan fingerprint density at radius 1 is 1.21 bits per heavy atom. The highest BCUT2D eigenvalue weighted by Crippen LogP contribution is 2.36. The minimum Gasteiger partial charge on any atom is -0.377 e. The van der Waals surface area contributed by atoms with Gasteiger partial charge in [-0.3, -0.25) is 14.2 Å². The van der Waals surface area contributed by atoms with Crippen LogP contribution in [0.1, 0.15) is 59.8 Å². The zero-order valence-corrected chi connectivity index (χ0v) is 21.6. The minimum absolute atomic E-state index is 0.0508. The number of benzene rings is 1. The number of aryl methyl sites for hydroxylation is 1. The monoisotopic (exact) mass is 528 g/mol. The van der Waals surface area contributed by atoms with E-state index >= 15 is 0 Å². The van der Waals surface area contributed by atoms with Gasteiger partial charge in [0.1, 0.15) is 11.9 Å². The van der Waals surface area contributed by atoms with Gasteiger partial charge in [-0.2, -0.15) is 18.4 Å². The number of rotatable bonds is 4. The van der Waals surface area contributed by atoms with Crippen molar-refractivity contribution >= 4 is 22.6 Å². The standard InChI is InChI=1S/C26H27F3N6O3/c1-13-11-35(12-14(2)38-13)24(36)17-6-7-21(18(8-17)10-30)31-15(3)19-9-20-23(33-22(19)26(27,28)29)32-16(4)34(5)25(20)37/h6-9,13-15,31H,11-12H2,1-5H3/t13-,14+,15-/m0/s1. The van der Waals surface area contributed by atoms with Gasteiger partial charge >= 0.3 is 6.18 Å². The molecular formula is C26H27F3N6O3. The quantitative estimate of drug-likeness (QED) is 0.546. The molecule has 12 heteroatoms. The fourth-order valence-electron chi connectivity index (χ4n) is 4.61. The summed E-state index contributed by atoms with van der Waals surface area (Å²) in [6.07, 6.45) is -5.07. The number of morpholine rings is 1. The molecule has 4 rings (SSSR count). The molecule has 200 valence electrons. The third-order valence-electron chi connectivity index (χ3n) is 6.52. The van der Waals surface area contributed by atoms with E-state index in [0.717, 1.165) is 6.07 Å². The highest BCUT2D eigenvalue weighted by molar-refractivity contribution is 5.95. The van der Waals surface area contributed by atoms with Crippen molar-refractivity contribution in [3.8, 4) is 6.07 Å². The lowest BCUT2D eigenvalue weighted by Gasteiger charge is -2.35. The first-order valence-electron chi connectivity index (χ1n) is 12.0. The molecule has 3 aromatic rings. The van der Waals surface area contributed by atoms with Gasteiger partial charge in [0, 0.05) is 31.3 Å². The Labute approximate surface area is 216 Å². The van der Waals surface area contributed by atoms with Gasteiger partial charge in [-0.1, -0.05) is 0 Å².